The first-order valence-corrected chi connectivity index (χ1v) is 9.16. The van der Waals surface area contributed by atoms with Crippen LogP contribution < -0.4 is 15.2 Å². The molecule has 1 heterocycles. The molecule has 0 saturated carbocycles. The lowest BCUT2D eigenvalue weighted by Gasteiger charge is -2.28. The summed E-state index contributed by atoms with van der Waals surface area (Å²) in [5, 5.41) is 9.15. The van der Waals surface area contributed by atoms with Gasteiger partial charge < -0.3 is 20.3 Å². The zero-order valence-corrected chi connectivity index (χ0v) is 15.3. The maximum Gasteiger partial charge on any atom is 0.307 e. The molecule has 142 valence electrons. The molecule has 3 aromatic rings. The summed E-state index contributed by atoms with van der Waals surface area (Å²) in [5.74, 6) is 0.194. The SMILES string of the molecule is NCc1cccc(-c2cccc([C@H]3COc4cccc(CC(=O)O)c4O3)c2)c1. The van der Waals surface area contributed by atoms with Crippen molar-refractivity contribution in [1.82, 2.24) is 0 Å². The number of aliphatic carboxylic acids is 1. The third-order valence-corrected chi connectivity index (χ3v) is 4.81. The fourth-order valence-corrected chi connectivity index (χ4v) is 3.41. The maximum absolute atomic E-state index is 11.2. The summed E-state index contributed by atoms with van der Waals surface area (Å²) >= 11 is 0. The van der Waals surface area contributed by atoms with Crippen LogP contribution in [0.4, 0.5) is 0 Å². The van der Waals surface area contributed by atoms with Gasteiger partial charge >= 0.3 is 5.97 Å². The van der Waals surface area contributed by atoms with E-state index in [0.29, 0.717) is 30.2 Å². The fourth-order valence-electron chi connectivity index (χ4n) is 3.41. The third-order valence-electron chi connectivity index (χ3n) is 4.81. The number of carboxylic acids is 1. The molecule has 0 spiro atoms. The first kappa shape index (κ1) is 18.1. The van der Waals surface area contributed by atoms with Gasteiger partial charge in [-0.1, -0.05) is 48.5 Å². The van der Waals surface area contributed by atoms with Gasteiger partial charge in [-0.3, -0.25) is 4.79 Å². The van der Waals surface area contributed by atoms with Crippen molar-refractivity contribution in [2.24, 2.45) is 5.73 Å². The van der Waals surface area contributed by atoms with Crippen molar-refractivity contribution in [3.8, 4) is 22.6 Å². The number of rotatable bonds is 5. The van der Waals surface area contributed by atoms with E-state index in [0.717, 1.165) is 22.3 Å². The Balaban J connectivity index is 1.64. The largest absolute Gasteiger partial charge is 0.485 e. The predicted octanol–water partition coefficient (Wildman–Crippen LogP) is 3.95. The summed E-state index contributed by atoms with van der Waals surface area (Å²) in [6, 6.07) is 21.6. The molecule has 1 atom stereocenters. The monoisotopic (exact) mass is 375 g/mol. The molecule has 0 aromatic heterocycles. The molecule has 0 bridgehead atoms. The normalized spacial score (nSPS) is 15.2. The number of nitrogens with two attached hydrogens (primary N) is 1. The summed E-state index contributed by atoms with van der Waals surface area (Å²) < 4.78 is 12.0. The van der Waals surface area contributed by atoms with Crippen molar-refractivity contribution in [3.63, 3.8) is 0 Å². The zero-order valence-electron chi connectivity index (χ0n) is 15.3. The van der Waals surface area contributed by atoms with Gasteiger partial charge in [-0.05, 0) is 40.5 Å². The molecule has 0 aliphatic carbocycles. The second-order valence-corrected chi connectivity index (χ2v) is 6.76. The van der Waals surface area contributed by atoms with Crippen LogP contribution in [0.25, 0.3) is 11.1 Å². The Hall–Kier alpha value is -3.31. The molecule has 3 aromatic carbocycles. The fraction of sp³-hybridized carbons (Fsp3) is 0.174. The molecular weight excluding hydrogens is 354 g/mol. The van der Waals surface area contributed by atoms with Crippen LogP contribution in [0, 0.1) is 0 Å². The Morgan fingerprint density at radius 2 is 1.79 bits per heavy atom. The highest BCUT2D eigenvalue weighted by atomic mass is 16.6. The van der Waals surface area contributed by atoms with Crippen molar-refractivity contribution < 1.29 is 19.4 Å². The van der Waals surface area contributed by atoms with Gasteiger partial charge in [0.1, 0.15) is 6.61 Å². The first-order valence-electron chi connectivity index (χ1n) is 9.16. The third kappa shape index (κ3) is 3.70. The van der Waals surface area contributed by atoms with Crippen molar-refractivity contribution in [1.29, 1.82) is 0 Å². The molecule has 4 rings (SSSR count). The Kier molecular flexibility index (Phi) is 5.00. The van der Waals surface area contributed by atoms with Crippen molar-refractivity contribution in [2.75, 3.05) is 6.61 Å². The average Bonchev–Trinajstić information content (AvgIpc) is 2.73. The van der Waals surface area contributed by atoms with Gasteiger partial charge in [0.2, 0.25) is 0 Å². The minimum absolute atomic E-state index is 0.106. The van der Waals surface area contributed by atoms with E-state index in [-0.39, 0.29) is 12.5 Å². The number of carboxylic acid groups (broad SMARTS) is 1. The van der Waals surface area contributed by atoms with Crippen LogP contribution in [0.3, 0.4) is 0 Å². The molecule has 5 heteroatoms. The summed E-state index contributed by atoms with van der Waals surface area (Å²) in [5.41, 5.74) is 10.6. The number of fused-ring (bicyclic) bond motifs is 1. The highest BCUT2D eigenvalue weighted by molar-refractivity contribution is 5.72. The van der Waals surface area contributed by atoms with Crippen LogP contribution in [0.1, 0.15) is 22.8 Å². The number of hydrogen-bond donors (Lipinski definition) is 2. The minimum atomic E-state index is -0.902. The second-order valence-electron chi connectivity index (χ2n) is 6.76. The van der Waals surface area contributed by atoms with E-state index in [9.17, 15) is 4.79 Å². The van der Waals surface area contributed by atoms with Gasteiger partial charge in [0.25, 0.3) is 0 Å². The lowest BCUT2D eigenvalue weighted by atomic mass is 9.99. The molecule has 3 N–H and O–H groups in total. The van der Waals surface area contributed by atoms with Gasteiger partial charge in [-0.2, -0.15) is 0 Å². The van der Waals surface area contributed by atoms with Crippen molar-refractivity contribution in [2.45, 2.75) is 19.1 Å². The molecule has 1 aliphatic heterocycles. The van der Waals surface area contributed by atoms with Crippen LogP contribution in [-0.2, 0) is 17.8 Å². The molecule has 0 radical (unpaired) electrons. The molecule has 0 saturated heterocycles. The highest BCUT2D eigenvalue weighted by Gasteiger charge is 2.25. The lowest BCUT2D eigenvalue weighted by Crippen LogP contribution is -2.22. The van der Waals surface area contributed by atoms with E-state index in [1.54, 1.807) is 18.2 Å². The van der Waals surface area contributed by atoms with Crippen LogP contribution in [0.5, 0.6) is 11.5 Å². The van der Waals surface area contributed by atoms with E-state index in [1.807, 2.05) is 30.3 Å². The zero-order chi connectivity index (χ0) is 19.5. The van der Waals surface area contributed by atoms with E-state index >= 15 is 0 Å². The van der Waals surface area contributed by atoms with E-state index in [4.69, 9.17) is 20.3 Å². The maximum atomic E-state index is 11.2. The Labute approximate surface area is 163 Å². The number of hydrogen-bond acceptors (Lipinski definition) is 4. The smallest absolute Gasteiger partial charge is 0.307 e. The van der Waals surface area contributed by atoms with Crippen LogP contribution >= 0.6 is 0 Å². The molecule has 5 nitrogen and oxygen atoms in total. The lowest BCUT2D eigenvalue weighted by molar-refractivity contribution is -0.136. The molecular formula is C23H21NO4. The molecule has 0 amide bonds. The van der Waals surface area contributed by atoms with Gasteiger partial charge in [0.15, 0.2) is 17.6 Å². The molecule has 0 unspecified atom stereocenters. The van der Waals surface area contributed by atoms with E-state index in [2.05, 4.69) is 18.2 Å². The highest BCUT2D eigenvalue weighted by Crippen LogP contribution is 2.40. The molecule has 0 fully saturated rings. The Morgan fingerprint density at radius 1 is 1.04 bits per heavy atom. The van der Waals surface area contributed by atoms with Crippen molar-refractivity contribution in [3.05, 3.63) is 83.4 Å². The number of ether oxygens (including phenoxy) is 2. The molecule has 28 heavy (non-hydrogen) atoms. The predicted molar refractivity (Wildman–Crippen MR) is 106 cm³/mol. The summed E-state index contributed by atoms with van der Waals surface area (Å²) in [6.07, 6.45) is -0.411. The summed E-state index contributed by atoms with van der Waals surface area (Å²) in [4.78, 5) is 11.2. The molecule has 1 aliphatic rings. The summed E-state index contributed by atoms with van der Waals surface area (Å²) in [6.45, 7) is 0.867. The van der Waals surface area contributed by atoms with Crippen LogP contribution in [0.15, 0.2) is 66.7 Å². The van der Waals surface area contributed by atoms with Gasteiger partial charge in [0, 0.05) is 12.1 Å². The topological polar surface area (TPSA) is 81.8 Å². The number of carbonyl (C=O) groups is 1. The van der Waals surface area contributed by atoms with Gasteiger partial charge in [-0.25, -0.2) is 0 Å². The van der Waals surface area contributed by atoms with Crippen LogP contribution in [-0.4, -0.2) is 17.7 Å². The Morgan fingerprint density at radius 3 is 2.57 bits per heavy atom. The van der Waals surface area contributed by atoms with Crippen LogP contribution in [0.2, 0.25) is 0 Å². The van der Waals surface area contributed by atoms with E-state index < -0.39 is 5.97 Å². The number of benzene rings is 3. The minimum Gasteiger partial charge on any atom is -0.485 e. The van der Waals surface area contributed by atoms with E-state index in [1.165, 1.54) is 0 Å². The van der Waals surface area contributed by atoms with Gasteiger partial charge in [0.05, 0.1) is 6.42 Å². The second kappa shape index (κ2) is 7.74. The van der Waals surface area contributed by atoms with Gasteiger partial charge in [-0.15, -0.1) is 0 Å². The standard InChI is InChI=1S/C23H21NO4/c24-13-15-4-1-5-16(10-15)17-6-2-7-18(11-17)21-14-27-20-9-3-8-19(12-22(25)26)23(20)28-21/h1-11,21H,12-14,24H2,(H,25,26)/t21-/m1/s1. The summed E-state index contributed by atoms with van der Waals surface area (Å²) in [7, 11) is 0. The Bertz CT molecular complexity index is 1010. The van der Waals surface area contributed by atoms with Crippen molar-refractivity contribution >= 4 is 5.97 Å². The number of para-hydroxylation sites is 1. The average molecular weight is 375 g/mol. The first-order chi connectivity index (χ1) is 13.6. The quantitative estimate of drug-likeness (QED) is 0.706.